The monoisotopic (exact) mass is 434 g/mol. The molecule has 6 nitrogen and oxygen atoms in total. The fourth-order valence-electron chi connectivity index (χ4n) is 3.57. The van der Waals surface area contributed by atoms with E-state index in [0.29, 0.717) is 22.8 Å². The lowest BCUT2D eigenvalue weighted by Crippen LogP contribution is -2.32. The molecule has 1 N–H and O–H groups in total. The number of aryl methyl sites for hydroxylation is 2. The first-order chi connectivity index (χ1) is 14.9. The lowest BCUT2D eigenvalue weighted by molar-refractivity contribution is -0.120. The molecule has 2 amide bonds. The zero-order valence-electron chi connectivity index (χ0n) is 17.7. The molecule has 1 aromatic heterocycles. The number of nitrogens with one attached hydrogen (secondary N) is 1. The number of amides is 2. The number of hydrogen-bond donors (Lipinski definition) is 1. The maximum atomic E-state index is 13.6. The molecule has 1 aliphatic heterocycles. The maximum Gasteiger partial charge on any atom is 0.282 e. The average Bonchev–Trinajstić information content (AvgIpc) is 3.36. The third-order valence-electron chi connectivity index (χ3n) is 5.12. The Balaban J connectivity index is 1.84. The van der Waals surface area contributed by atoms with Crippen LogP contribution in [0.5, 0.6) is 11.5 Å². The summed E-state index contributed by atoms with van der Waals surface area (Å²) in [5, 5.41) is 5.10. The number of imide groups is 1. The topological polar surface area (TPSA) is 67.9 Å². The van der Waals surface area contributed by atoms with Crippen LogP contribution in [0.3, 0.4) is 0 Å². The first-order valence-corrected chi connectivity index (χ1v) is 10.6. The third-order valence-corrected chi connectivity index (χ3v) is 6.01. The zero-order valence-corrected chi connectivity index (χ0v) is 18.5. The second kappa shape index (κ2) is 8.28. The lowest BCUT2D eigenvalue weighted by atomic mass is 10.1. The minimum atomic E-state index is -0.445. The second-order valence-electron chi connectivity index (χ2n) is 7.15. The standard InChI is InChI=1S/C24H22N2O4S/c1-14-7-9-17(15(2)12-14)25-22-21(20-6-5-11-31-20)23(27)26(24(22)28)18-13-16(29-3)8-10-19(18)30-4/h5-13,25H,1-4H3. The van der Waals surface area contributed by atoms with Gasteiger partial charge in [0.1, 0.15) is 17.2 Å². The van der Waals surface area contributed by atoms with Crippen molar-refractivity contribution < 1.29 is 19.1 Å². The van der Waals surface area contributed by atoms with Crippen LogP contribution >= 0.6 is 11.3 Å². The van der Waals surface area contributed by atoms with Gasteiger partial charge < -0.3 is 14.8 Å². The van der Waals surface area contributed by atoms with Gasteiger partial charge in [0, 0.05) is 16.6 Å². The van der Waals surface area contributed by atoms with E-state index < -0.39 is 11.8 Å². The van der Waals surface area contributed by atoms with Crippen molar-refractivity contribution in [2.24, 2.45) is 0 Å². The van der Waals surface area contributed by atoms with Crippen molar-refractivity contribution in [3.05, 3.63) is 75.6 Å². The molecular weight excluding hydrogens is 412 g/mol. The molecule has 0 spiro atoms. The molecule has 7 heteroatoms. The molecule has 158 valence electrons. The molecule has 0 bridgehead atoms. The van der Waals surface area contributed by atoms with E-state index in [-0.39, 0.29) is 5.70 Å². The van der Waals surface area contributed by atoms with E-state index in [0.717, 1.165) is 26.6 Å². The number of thiophene rings is 1. The highest BCUT2D eigenvalue weighted by atomic mass is 32.1. The maximum absolute atomic E-state index is 13.6. The fourth-order valence-corrected chi connectivity index (χ4v) is 4.34. The first kappa shape index (κ1) is 20.7. The molecule has 0 fully saturated rings. The van der Waals surface area contributed by atoms with Gasteiger partial charge in [-0.1, -0.05) is 23.8 Å². The largest absolute Gasteiger partial charge is 0.497 e. The van der Waals surface area contributed by atoms with Crippen molar-refractivity contribution in [1.82, 2.24) is 0 Å². The molecule has 2 aromatic carbocycles. The van der Waals surface area contributed by atoms with Crippen molar-refractivity contribution in [1.29, 1.82) is 0 Å². The highest BCUT2D eigenvalue weighted by Crippen LogP contribution is 2.40. The minimum absolute atomic E-state index is 0.240. The van der Waals surface area contributed by atoms with Gasteiger partial charge in [0.25, 0.3) is 11.8 Å². The van der Waals surface area contributed by atoms with Crippen molar-refractivity contribution in [2.75, 3.05) is 24.4 Å². The molecule has 2 heterocycles. The van der Waals surface area contributed by atoms with Crippen molar-refractivity contribution >= 4 is 40.1 Å². The summed E-state index contributed by atoms with van der Waals surface area (Å²) in [5.41, 5.74) is 3.79. The summed E-state index contributed by atoms with van der Waals surface area (Å²) in [6.45, 7) is 3.97. The Morgan fingerprint density at radius 2 is 1.74 bits per heavy atom. The minimum Gasteiger partial charge on any atom is -0.497 e. The van der Waals surface area contributed by atoms with Gasteiger partial charge in [-0.3, -0.25) is 9.59 Å². The predicted molar refractivity (Wildman–Crippen MR) is 123 cm³/mol. The van der Waals surface area contributed by atoms with E-state index >= 15 is 0 Å². The number of ether oxygens (including phenoxy) is 2. The van der Waals surface area contributed by atoms with Crippen LogP contribution < -0.4 is 19.7 Å². The Kier molecular flexibility index (Phi) is 5.52. The smallest absolute Gasteiger partial charge is 0.282 e. The van der Waals surface area contributed by atoms with Crippen LogP contribution in [0.2, 0.25) is 0 Å². The van der Waals surface area contributed by atoms with Crippen LogP contribution in [0.15, 0.2) is 59.6 Å². The van der Waals surface area contributed by atoms with Crippen LogP contribution in [0.25, 0.3) is 5.57 Å². The van der Waals surface area contributed by atoms with E-state index in [2.05, 4.69) is 5.32 Å². The normalized spacial score (nSPS) is 13.7. The molecular formula is C24H22N2O4S. The molecule has 4 rings (SSSR count). The summed E-state index contributed by atoms with van der Waals surface area (Å²) in [6.07, 6.45) is 0. The Morgan fingerprint density at radius 3 is 2.39 bits per heavy atom. The molecule has 0 aliphatic carbocycles. The second-order valence-corrected chi connectivity index (χ2v) is 8.10. The summed E-state index contributed by atoms with van der Waals surface area (Å²) < 4.78 is 10.7. The summed E-state index contributed by atoms with van der Waals surface area (Å²) in [7, 11) is 3.03. The molecule has 0 saturated heterocycles. The van der Waals surface area contributed by atoms with E-state index in [9.17, 15) is 9.59 Å². The Hall–Kier alpha value is -3.58. The highest BCUT2D eigenvalue weighted by molar-refractivity contribution is 7.11. The number of carbonyl (C=O) groups excluding carboxylic acids is 2. The van der Waals surface area contributed by atoms with Gasteiger partial charge >= 0.3 is 0 Å². The molecule has 31 heavy (non-hydrogen) atoms. The van der Waals surface area contributed by atoms with E-state index in [1.807, 2.05) is 49.6 Å². The molecule has 0 radical (unpaired) electrons. The molecule has 3 aromatic rings. The predicted octanol–water partition coefficient (Wildman–Crippen LogP) is 4.78. The number of rotatable bonds is 6. The summed E-state index contributed by atoms with van der Waals surface area (Å²) >= 11 is 1.41. The molecule has 0 unspecified atom stereocenters. The number of benzene rings is 2. The van der Waals surface area contributed by atoms with E-state index in [1.165, 1.54) is 25.6 Å². The summed E-state index contributed by atoms with van der Waals surface area (Å²) in [5.74, 6) is 0.0665. The Morgan fingerprint density at radius 1 is 0.935 bits per heavy atom. The zero-order chi connectivity index (χ0) is 22.1. The summed E-state index contributed by atoms with van der Waals surface area (Å²) in [4.78, 5) is 29.0. The van der Waals surface area contributed by atoms with Crippen molar-refractivity contribution in [3.8, 4) is 11.5 Å². The fraction of sp³-hybridized carbons (Fsp3) is 0.167. The molecule has 0 atom stereocenters. The lowest BCUT2D eigenvalue weighted by Gasteiger charge is -2.19. The summed E-state index contributed by atoms with van der Waals surface area (Å²) in [6, 6.07) is 14.6. The number of methoxy groups -OCH3 is 2. The van der Waals surface area contributed by atoms with Crippen LogP contribution in [0.4, 0.5) is 11.4 Å². The number of hydrogen-bond acceptors (Lipinski definition) is 6. The SMILES string of the molecule is COc1ccc(OC)c(N2C(=O)C(Nc3ccc(C)cc3C)=C(c3cccs3)C2=O)c1. The Bertz CT molecular complexity index is 1200. The van der Waals surface area contributed by atoms with Crippen LogP contribution in [0.1, 0.15) is 16.0 Å². The molecule has 1 aliphatic rings. The quantitative estimate of drug-likeness (QED) is 0.566. The van der Waals surface area contributed by atoms with Gasteiger partial charge in [-0.25, -0.2) is 4.90 Å². The number of nitrogens with zero attached hydrogens (tertiary/aromatic N) is 1. The number of anilines is 2. The van der Waals surface area contributed by atoms with Crippen molar-refractivity contribution in [3.63, 3.8) is 0 Å². The van der Waals surface area contributed by atoms with Gasteiger partial charge in [0.15, 0.2) is 0 Å². The molecule has 0 saturated carbocycles. The van der Waals surface area contributed by atoms with Gasteiger partial charge in [0.05, 0.1) is 25.5 Å². The van der Waals surface area contributed by atoms with Crippen LogP contribution in [0, 0.1) is 13.8 Å². The van der Waals surface area contributed by atoms with Gasteiger partial charge in [-0.05, 0) is 49.1 Å². The van der Waals surface area contributed by atoms with Gasteiger partial charge in [-0.15, -0.1) is 11.3 Å². The number of carbonyl (C=O) groups is 2. The van der Waals surface area contributed by atoms with Crippen LogP contribution in [-0.4, -0.2) is 26.0 Å². The van der Waals surface area contributed by atoms with Crippen LogP contribution in [-0.2, 0) is 9.59 Å². The average molecular weight is 435 g/mol. The third kappa shape index (κ3) is 3.68. The first-order valence-electron chi connectivity index (χ1n) is 9.68. The Labute approximate surface area is 184 Å². The van der Waals surface area contributed by atoms with E-state index in [1.54, 1.807) is 18.2 Å². The highest BCUT2D eigenvalue weighted by Gasteiger charge is 2.42. The van der Waals surface area contributed by atoms with Crippen molar-refractivity contribution in [2.45, 2.75) is 13.8 Å². The van der Waals surface area contributed by atoms with Gasteiger partial charge in [0.2, 0.25) is 0 Å². The van der Waals surface area contributed by atoms with E-state index in [4.69, 9.17) is 9.47 Å². The van der Waals surface area contributed by atoms with Gasteiger partial charge in [-0.2, -0.15) is 0 Å².